The van der Waals surface area contributed by atoms with Crippen molar-refractivity contribution in [1.82, 2.24) is 0 Å². The first-order chi connectivity index (χ1) is 5.81. The van der Waals surface area contributed by atoms with Gasteiger partial charge in [-0.2, -0.15) is 5.26 Å². The van der Waals surface area contributed by atoms with E-state index in [2.05, 4.69) is 6.07 Å². The molecule has 60 valence electrons. The van der Waals surface area contributed by atoms with Crippen molar-refractivity contribution in [3.8, 4) is 6.07 Å². The molecule has 0 saturated carbocycles. The van der Waals surface area contributed by atoms with Gasteiger partial charge in [-0.1, -0.05) is 12.1 Å². The second-order valence-electron chi connectivity index (χ2n) is 3.00. The van der Waals surface area contributed by atoms with Crippen molar-refractivity contribution < 1.29 is 4.74 Å². The van der Waals surface area contributed by atoms with Gasteiger partial charge in [0.05, 0.1) is 17.7 Å². The molecule has 1 aliphatic heterocycles. The van der Waals surface area contributed by atoms with Crippen LogP contribution in [0.4, 0.5) is 0 Å². The van der Waals surface area contributed by atoms with Gasteiger partial charge in [0.1, 0.15) is 6.10 Å². The third kappa shape index (κ3) is 1.19. The Kier molecular flexibility index (Phi) is 1.60. The van der Waals surface area contributed by atoms with Gasteiger partial charge in [0.25, 0.3) is 0 Å². The van der Waals surface area contributed by atoms with Crippen LogP contribution in [0.25, 0.3) is 0 Å². The molecule has 0 N–H and O–H groups in total. The van der Waals surface area contributed by atoms with Gasteiger partial charge in [-0.25, -0.2) is 0 Å². The Labute approximate surface area is 71.4 Å². The summed E-state index contributed by atoms with van der Waals surface area (Å²) >= 11 is 0. The van der Waals surface area contributed by atoms with Crippen LogP contribution in [-0.2, 0) is 4.74 Å². The van der Waals surface area contributed by atoms with Gasteiger partial charge in [0.15, 0.2) is 0 Å². The number of epoxide rings is 1. The summed E-state index contributed by atoms with van der Waals surface area (Å²) in [6.07, 6.45) is 0.539. The van der Waals surface area contributed by atoms with Crippen molar-refractivity contribution >= 4 is 0 Å². The minimum atomic E-state index is 0.221. The summed E-state index contributed by atoms with van der Waals surface area (Å²) in [5.41, 5.74) is 1.82. The predicted molar refractivity (Wildman–Crippen MR) is 44.4 cm³/mol. The predicted octanol–water partition coefficient (Wildman–Crippen LogP) is 2.02. The SMILES string of the molecule is C[C@@H]1O[C@@H]1c1cccc(C#N)c1. The van der Waals surface area contributed by atoms with Gasteiger partial charge in [-0.15, -0.1) is 0 Å². The van der Waals surface area contributed by atoms with Crippen LogP contribution in [0.1, 0.15) is 24.2 Å². The molecule has 12 heavy (non-hydrogen) atoms. The van der Waals surface area contributed by atoms with E-state index >= 15 is 0 Å². The molecule has 1 aliphatic rings. The molecule has 1 fully saturated rings. The molecular weight excluding hydrogens is 150 g/mol. The van der Waals surface area contributed by atoms with Crippen LogP contribution in [-0.4, -0.2) is 6.10 Å². The second-order valence-corrected chi connectivity index (χ2v) is 3.00. The molecule has 0 unspecified atom stereocenters. The molecule has 0 amide bonds. The van der Waals surface area contributed by atoms with Crippen LogP contribution in [0, 0.1) is 11.3 Å². The number of hydrogen-bond donors (Lipinski definition) is 0. The van der Waals surface area contributed by atoms with Crippen molar-refractivity contribution in [3.05, 3.63) is 35.4 Å². The summed E-state index contributed by atoms with van der Waals surface area (Å²) in [6, 6.07) is 9.68. The molecule has 1 aromatic carbocycles. The summed E-state index contributed by atoms with van der Waals surface area (Å²) in [4.78, 5) is 0. The van der Waals surface area contributed by atoms with E-state index in [1.165, 1.54) is 0 Å². The molecule has 1 saturated heterocycles. The molecule has 1 heterocycles. The minimum absolute atomic E-state index is 0.221. The van der Waals surface area contributed by atoms with E-state index in [0.717, 1.165) is 5.56 Å². The molecule has 0 radical (unpaired) electrons. The van der Waals surface area contributed by atoms with Crippen molar-refractivity contribution in [3.63, 3.8) is 0 Å². The zero-order chi connectivity index (χ0) is 8.55. The Bertz CT molecular complexity index is 340. The monoisotopic (exact) mass is 159 g/mol. The number of ether oxygens (including phenoxy) is 1. The average Bonchev–Trinajstić information content (AvgIpc) is 2.83. The molecule has 1 aromatic rings. The van der Waals surface area contributed by atoms with Crippen molar-refractivity contribution in [1.29, 1.82) is 5.26 Å². The van der Waals surface area contributed by atoms with Crippen molar-refractivity contribution in [2.45, 2.75) is 19.1 Å². The van der Waals surface area contributed by atoms with Crippen LogP contribution in [0.5, 0.6) is 0 Å². The summed E-state index contributed by atoms with van der Waals surface area (Å²) < 4.78 is 5.29. The highest BCUT2D eigenvalue weighted by molar-refractivity contribution is 5.35. The van der Waals surface area contributed by atoms with E-state index in [9.17, 15) is 0 Å². The third-order valence-electron chi connectivity index (χ3n) is 2.06. The van der Waals surface area contributed by atoms with Gasteiger partial charge in [0.2, 0.25) is 0 Å². The number of nitrogens with zero attached hydrogens (tertiary/aromatic N) is 1. The molecule has 0 bridgehead atoms. The van der Waals surface area contributed by atoms with Crippen molar-refractivity contribution in [2.75, 3.05) is 0 Å². The highest BCUT2D eigenvalue weighted by Crippen LogP contribution is 2.38. The summed E-state index contributed by atoms with van der Waals surface area (Å²) in [6.45, 7) is 2.03. The third-order valence-corrected chi connectivity index (χ3v) is 2.06. The number of nitriles is 1. The summed E-state index contributed by atoms with van der Waals surface area (Å²) in [7, 11) is 0. The Morgan fingerprint density at radius 2 is 2.25 bits per heavy atom. The van der Waals surface area contributed by atoms with Gasteiger partial charge < -0.3 is 4.74 Å². The van der Waals surface area contributed by atoms with E-state index in [1.807, 2.05) is 25.1 Å². The van der Waals surface area contributed by atoms with E-state index in [1.54, 1.807) is 6.07 Å². The molecule has 2 nitrogen and oxygen atoms in total. The lowest BCUT2D eigenvalue weighted by Gasteiger charge is -1.94. The fourth-order valence-electron chi connectivity index (χ4n) is 1.32. The maximum absolute atomic E-state index is 8.64. The van der Waals surface area contributed by atoms with E-state index in [0.29, 0.717) is 11.7 Å². The first kappa shape index (κ1) is 7.33. The largest absolute Gasteiger partial charge is 0.365 e. The van der Waals surface area contributed by atoms with E-state index < -0.39 is 0 Å². The lowest BCUT2D eigenvalue weighted by molar-refractivity contribution is 0.383. The Morgan fingerprint density at radius 3 is 2.83 bits per heavy atom. The maximum atomic E-state index is 8.64. The number of benzene rings is 1. The molecular formula is C10H9NO. The van der Waals surface area contributed by atoms with Crippen LogP contribution < -0.4 is 0 Å². The Balaban J connectivity index is 2.29. The summed E-state index contributed by atoms with van der Waals surface area (Å²) in [5.74, 6) is 0. The number of hydrogen-bond acceptors (Lipinski definition) is 2. The van der Waals surface area contributed by atoms with Crippen LogP contribution >= 0.6 is 0 Å². The zero-order valence-electron chi connectivity index (χ0n) is 6.82. The van der Waals surface area contributed by atoms with Gasteiger partial charge in [-0.3, -0.25) is 0 Å². The minimum Gasteiger partial charge on any atom is -0.365 e. The standard InChI is InChI=1S/C10H9NO/c1-7-10(12-7)9-4-2-3-8(5-9)6-11/h2-5,7,10H,1H3/t7-,10-/m0/s1. The van der Waals surface area contributed by atoms with Crippen molar-refractivity contribution in [2.24, 2.45) is 0 Å². The molecule has 0 spiro atoms. The number of rotatable bonds is 1. The molecule has 2 atom stereocenters. The fraction of sp³-hybridized carbons (Fsp3) is 0.300. The average molecular weight is 159 g/mol. The fourth-order valence-corrected chi connectivity index (χ4v) is 1.32. The molecule has 0 aromatic heterocycles. The lowest BCUT2D eigenvalue weighted by Crippen LogP contribution is -1.84. The Morgan fingerprint density at radius 1 is 1.50 bits per heavy atom. The van der Waals surface area contributed by atoms with Crippen LogP contribution in [0.3, 0.4) is 0 Å². The lowest BCUT2D eigenvalue weighted by atomic mass is 10.1. The second kappa shape index (κ2) is 2.62. The molecule has 0 aliphatic carbocycles. The highest BCUT2D eigenvalue weighted by atomic mass is 16.6. The van der Waals surface area contributed by atoms with E-state index in [4.69, 9.17) is 10.00 Å². The van der Waals surface area contributed by atoms with Gasteiger partial charge >= 0.3 is 0 Å². The Hall–Kier alpha value is -1.33. The topological polar surface area (TPSA) is 36.3 Å². The first-order valence-corrected chi connectivity index (χ1v) is 3.97. The smallest absolute Gasteiger partial charge is 0.109 e. The van der Waals surface area contributed by atoms with Gasteiger partial charge in [-0.05, 0) is 24.6 Å². The van der Waals surface area contributed by atoms with Gasteiger partial charge in [0, 0.05) is 0 Å². The van der Waals surface area contributed by atoms with E-state index in [-0.39, 0.29) is 6.10 Å². The van der Waals surface area contributed by atoms with Crippen LogP contribution in [0.2, 0.25) is 0 Å². The molecule has 2 rings (SSSR count). The van der Waals surface area contributed by atoms with Crippen LogP contribution in [0.15, 0.2) is 24.3 Å². The maximum Gasteiger partial charge on any atom is 0.109 e. The highest BCUT2D eigenvalue weighted by Gasteiger charge is 2.35. The normalized spacial score (nSPS) is 26.3. The quantitative estimate of drug-likeness (QED) is 0.588. The zero-order valence-corrected chi connectivity index (χ0v) is 6.82. The summed E-state index contributed by atoms with van der Waals surface area (Å²) in [5, 5.41) is 8.64. The molecule has 2 heteroatoms. The first-order valence-electron chi connectivity index (χ1n) is 3.97.